The molecule has 1 aromatic heterocycles. The molecule has 0 fully saturated rings. The third-order valence-corrected chi connectivity index (χ3v) is 3.81. The zero-order chi connectivity index (χ0) is 17.0. The fourth-order valence-corrected chi connectivity index (χ4v) is 2.53. The van der Waals surface area contributed by atoms with Gasteiger partial charge in [0.1, 0.15) is 17.3 Å². The summed E-state index contributed by atoms with van der Waals surface area (Å²) >= 11 is 0. The van der Waals surface area contributed by atoms with Gasteiger partial charge in [0.05, 0.1) is 13.2 Å². The second kappa shape index (κ2) is 7.22. The van der Waals surface area contributed by atoms with Crippen LogP contribution in [0, 0.1) is 13.8 Å². The molecule has 0 aliphatic carbocycles. The van der Waals surface area contributed by atoms with E-state index in [1.165, 1.54) is 0 Å². The summed E-state index contributed by atoms with van der Waals surface area (Å²) in [4.78, 5) is 14.0. The summed E-state index contributed by atoms with van der Waals surface area (Å²) in [5.74, 6) is 2.50. The number of nitrogens with zero attached hydrogens (tertiary/aromatic N) is 1. The van der Waals surface area contributed by atoms with Gasteiger partial charge in [0, 0.05) is 19.2 Å². The van der Waals surface area contributed by atoms with E-state index in [0.29, 0.717) is 6.54 Å². The molecule has 0 saturated carbocycles. The minimum atomic E-state index is -0.119. The van der Waals surface area contributed by atoms with Crippen molar-refractivity contribution in [3.63, 3.8) is 0 Å². The zero-order valence-electron chi connectivity index (χ0n) is 14.3. The Balaban J connectivity index is 1.95. The maximum absolute atomic E-state index is 12.3. The predicted octanol–water partition coefficient (Wildman–Crippen LogP) is 3.81. The molecule has 1 unspecified atom stereocenters. The SMILES string of the molecule is COc1ccc(CN(C)C(=O)NC(C)c2cc(C)oc2C)cc1. The first-order chi connectivity index (χ1) is 10.9. The van der Waals surface area contributed by atoms with Crippen molar-refractivity contribution >= 4 is 6.03 Å². The van der Waals surface area contributed by atoms with Crippen LogP contribution in [0.1, 0.15) is 35.6 Å². The molecule has 2 amide bonds. The number of ether oxygens (including phenoxy) is 1. The number of amides is 2. The molecule has 0 aliphatic rings. The monoisotopic (exact) mass is 316 g/mol. The highest BCUT2D eigenvalue weighted by Gasteiger charge is 2.17. The molecule has 0 bridgehead atoms. The summed E-state index contributed by atoms with van der Waals surface area (Å²) in [6.45, 7) is 6.30. The van der Waals surface area contributed by atoms with Crippen molar-refractivity contribution < 1.29 is 13.9 Å². The van der Waals surface area contributed by atoms with Crippen LogP contribution in [0.2, 0.25) is 0 Å². The first-order valence-corrected chi connectivity index (χ1v) is 7.62. The summed E-state index contributed by atoms with van der Waals surface area (Å²) < 4.78 is 10.7. The van der Waals surface area contributed by atoms with E-state index in [1.54, 1.807) is 19.1 Å². The van der Waals surface area contributed by atoms with Gasteiger partial charge in [-0.15, -0.1) is 0 Å². The van der Waals surface area contributed by atoms with Gasteiger partial charge in [0.25, 0.3) is 0 Å². The van der Waals surface area contributed by atoms with E-state index in [0.717, 1.165) is 28.4 Å². The summed E-state index contributed by atoms with van der Waals surface area (Å²) in [5, 5.41) is 3.00. The van der Waals surface area contributed by atoms with Crippen molar-refractivity contribution in [2.75, 3.05) is 14.2 Å². The highest BCUT2D eigenvalue weighted by Crippen LogP contribution is 2.21. The van der Waals surface area contributed by atoms with E-state index in [4.69, 9.17) is 9.15 Å². The van der Waals surface area contributed by atoms with Crippen LogP contribution in [0.3, 0.4) is 0 Å². The van der Waals surface area contributed by atoms with E-state index in [9.17, 15) is 4.79 Å². The zero-order valence-corrected chi connectivity index (χ0v) is 14.3. The van der Waals surface area contributed by atoms with Crippen LogP contribution >= 0.6 is 0 Å². The second-order valence-corrected chi connectivity index (χ2v) is 5.74. The predicted molar refractivity (Wildman–Crippen MR) is 89.6 cm³/mol. The Morgan fingerprint density at radius 3 is 2.48 bits per heavy atom. The lowest BCUT2D eigenvalue weighted by atomic mass is 10.1. The molecule has 1 heterocycles. The van der Waals surface area contributed by atoms with Gasteiger partial charge in [-0.1, -0.05) is 12.1 Å². The summed E-state index contributed by atoms with van der Waals surface area (Å²) in [7, 11) is 3.41. The van der Waals surface area contributed by atoms with Crippen molar-refractivity contribution in [2.45, 2.75) is 33.4 Å². The molecule has 2 aromatic rings. The van der Waals surface area contributed by atoms with E-state index in [2.05, 4.69) is 5.32 Å². The van der Waals surface area contributed by atoms with Crippen molar-refractivity contribution in [3.05, 3.63) is 53.0 Å². The smallest absolute Gasteiger partial charge is 0.317 e. The Hall–Kier alpha value is -2.43. The number of hydrogen-bond acceptors (Lipinski definition) is 3. The molecule has 0 radical (unpaired) electrons. The average molecular weight is 316 g/mol. The molecular formula is C18H24N2O3. The first-order valence-electron chi connectivity index (χ1n) is 7.62. The fraction of sp³-hybridized carbons (Fsp3) is 0.389. The van der Waals surface area contributed by atoms with Crippen molar-refractivity contribution in [1.82, 2.24) is 10.2 Å². The summed E-state index contributed by atoms with van der Waals surface area (Å²) in [6.07, 6.45) is 0. The van der Waals surface area contributed by atoms with Crippen molar-refractivity contribution in [3.8, 4) is 5.75 Å². The maximum atomic E-state index is 12.3. The topological polar surface area (TPSA) is 54.7 Å². The number of hydrogen-bond donors (Lipinski definition) is 1. The lowest BCUT2D eigenvalue weighted by Crippen LogP contribution is -2.38. The van der Waals surface area contributed by atoms with Crippen LogP contribution in [-0.2, 0) is 6.54 Å². The molecule has 1 N–H and O–H groups in total. The van der Waals surface area contributed by atoms with Gasteiger partial charge < -0.3 is 19.4 Å². The lowest BCUT2D eigenvalue weighted by Gasteiger charge is -2.21. The number of rotatable bonds is 5. The number of carbonyl (C=O) groups excluding carboxylic acids is 1. The molecule has 2 rings (SSSR count). The van der Waals surface area contributed by atoms with Crippen LogP contribution in [0.15, 0.2) is 34.7 Å². The van der Waals surface area contributed by atoms with E-state index >= 15 is 0 Å². The highest BCUT2D eigenvalue weighted by molar-refractivity contribution is 5.74. The number of carbonyl (C=O) groups is 1. The highest BCUT2D eigenvalue weighted by atomic mass is 16.5. The van der Waals surface area contributed by atoms with E-state index in [1.807, 2.05) is 51.1 Å². The van der Waals surface area contributed by atoms with Gasteiger partial charge >= 0.3 is 6.03 Å². The molecule has 23 heavy (non-hydrogen) atoms. The molecule has 1 aromatic carbocycles. The quantitative estimate of drug-likeness (QED) is 0.912. The first kappa shape index (κ1) is 16.9. The third-order valence-electron chi connectivity index (χ3n) is 3.81. The fourth-order valence-electron chi connectivity index (χ4n) is 2.53. The van der Waals surface area contributed by atoms with Crippen LogP contribution in [-0.4, -0.2) is 25.1 Å². The molecule has 0 spiro atoms. The van der Waals surface area contributed by atoms with Crippen molar-refractivity contribution in [1.29, 1.82) is 0 Å². The standard InChI is InChI=1S/C18H24N2O3/c1-12-10-17(14(3)23-12)13(2)19-18(21)20(4)11-15-6-8-16(22-5)9-7-15/h6-10,13H,11H2,1-5H3,(H,19,21). The maximum Gasteiger partial charge on any atom is 0.317 e. The molecule has 124 valence electrons. The summed E-state index contributed by atoms with van der Waals surface area (Å²) in [6, 6.07) is 9.43. The Morgan fingerprint density at radius 1 is 1.30 bits per heavy atom. The minimum Gasteiger partial charge on any atom is -0.497 e. The third kappa shape index (κ3) is 4.28. The van der Waals surface area contributed by atoms with E-state index in [-0.39, 0.29) is 12.1 Å². The number of nitrogens with one attached hydrogen (secondary N) is 1. The average Bonchev–Trinajstić information content (AvgIpc) is 2.86. The Morgan fingerprint density at radius 2 is 1.96 bits per heavy atom. The van der Waals surface area contributed by atoms with Crippen LogP contribution in [0.4, 0.5) is 4.79 Å². The largest absolute Gasteiger partial charge is 0.497 e. The lowest BCUT2D eigenvalue weighted by molar-refractivity contribution is 0.203. The molecule has 0 aliphatic heterocycles. The van der Waals surface area contributed by atoms with Crippen LogP contribution < -0.4 is 10.1 Å². The second-order valence-electron chi connectivity index (χ2n) is 5.74. The summed E-state index contributed by atoms with van der Waals surface area (Å²) in [5.41, 5.74) is 2.06. The molecular weight excluding hydrogens is 292 g/mol. The molecule has 1 atom stereocenters. The number of aryl methyl sites for hydroxylation is 2. The van der Waals surface area contributed by atoms with Gasteiger partial charge in [-0.25, -0.2) is 4.79 Å². The Labute approximate surface area is 137 Å². The van der Waals surface area contributed by atoms with Gasteiger partial charge in [0.2, 0.25) is 0 Å². The number of methoxy groups -OCH3 is 1. The minimum absolute atomic E-state index is 0.0988. The van der Waals surface area contributed by atoms with Gasteiger partial charge in [-0.2, -0.15) is 0 Å². The Bertz CT molecular complexity index is 661. The van der Waals surface area contributed by atoms with Crippen LogP contribution in [0.5, 0.6) is 5.75 Å². The van der Waals surface area contributed by atoms with Gasteiger partial charge in [-0.05, 0) is 44.5 Å². The number of urea groups is 1. The molecule has 5 heteroatoms. The normalized spacial score (nSPS) is 11.9. The molecule has 5 nitrogen and oxygen atoms in total. The van der Waals surface area contributed by atoms with Gasteiger partial charge in [-0.3, -0.25) is 0 Å². The van der Waals surface area contributed by atoms with Crippen molar-refractivity contribution in [2.24, 2.45) is 0 Å². The number of furan rings is 1. The van der Waals surface area contributed by atoms with Crippen LogP contribution in [0.25, 0.3) is 0 Å². The van der Waals surface area contributed by atoms with E-state index < -0.39 is 0 Å². The van der Waals surface area contributed by atoms with Gasteiger partial charge in [0.15, 0.2) is 0 Å². The molecule has 0 saturated heterocycles. The Kier molecular flexibility index (Phi) is 5.32. The number of benzene rings is 1.